The van der Waals surface area contributed by atoms with Gasteiger partial charge in [-0.1, -0.05) is 11.6 Å². The number of aryl methyl sites for hydroxylation is 1. The number of aromatic nitrogens is 2. The van der Waals surface area contributed by atoms with E-state index in [1.165, 1.54) is 0 Å². The first-order valence-electron chi connectivity index (χ1n) is 7.57. The molecule has 124 valence electrons. The maximum atomic E-state index is 12.5. The second kappa shape index (κ2) is 7.57. The fourth-order valence-corrected chi connectivity index (χ4v) is 2.51. The molecule has 7 heteroatoms. The molecule has 0 bridgehead atoms. The number of benzene rings is 1. The van der Waals surface area contributed by atoms with Crippen LogP contribution in [0.1, 0.15) is 23.8 Å². The van der Waals surface area contributed by atoms with Gasteiger partial charge in [-0.15, -0.1) is 0 Å². The molecule has 1 heterocycles. The molecule has 0 aliphatic heterocycles. The summed E-state index contributed by atoms with van der Waals surface area (Å²) in [4.78, 5) is 26.8. The van der Waals surface area contributed by atoms with Gasteiger partial charge in [-0.3, -0.25) is 14.3 Å². The minimum Gasteiger partial charge on any atom is -0.350 e. The number of halogens is 1. The topological polar surface area (TPSA) is 67.2 Å². The van der Waals surface area contributed by atoms with Crippen molar-refractivity contribution in [3.63, 3.8) is 0 Å². The Labute approximate surface area is 140 Å². The third-order valence-corrected chi connectivity index (χ3v) is 3.73. The van der Waals surface area contributed by atoms with Crippen LogP contribution in [0.2, 0.25) is 5.02 Å². The number of nitrogens with one attached hydrogen (secondary N) is 1. The molecule has 0 saturated heterocycles. The van der Waals surface area contributed by atoms with Crippen LogP contribution in [-0.4, -0.2) is 47.8 Å². The van der Waals surface area contributed by atoms with Gasteiger partial charge in [-0.2, -0.15) is 5.10 Å². The first-order chi connectivity index (χ1) is 10.9. The van der Waals surface area contributed by atoms with E-state index in [4.69, 9.17) is 11.6 Å². The van der Waals surface area contributed by atoms with E-state index in [2.05, 4.69) is 10.4 Å². The minimum absolute atomic E-state index is 0.0912. The summed E-state index contributed by atoms with van der Waals surface area (Å²) in [6, 6.07) is 5.03. The normalized spacial score (nSPS) is 11.2. The van der Waals surface area contributed by atoms with Crippen LogP contribution >= 0.6 is 11.6 Å². The van der Waals surface area contributed by atoms with Gasteiger partial charge in [-0.25, -0.2) is 0 Å². The van der Waals surface area contributed by atoms with Gasteiger partial charge in [0, 0.05) is 18.1 Å². The highest BCUT2D eigenvalue weighted by atomic mass is 35.5. The molecular weight excluding hydrogens is 316 g/mol. The fraction of sp³-hybridized carbons (Fsp3) is 0.438. The predicted molar refractivity (Wildman–Crippen MR) is 92.2 cm³/mol. The lowest BCUT2D eigenvalue weighted by molar-refractivity contribution is 0.0944. The molecule has 1 aromatic heterocycles. The summed E-state index contributed by atoms with van der Waals surface area (Å²) in [5.41, 5.74) is 0.190. The first-order valence-corrected chi connectivity index (χ1v) is 7.95. The molecule has 1 aromatic carbocycles. The molecule has 0 aliphatic rings. The third kappa shape index (κ3) is 4.09. The average Bonchev–Trinajstić information content (AvgIpc) is 2.52. The quantitative estimate of drug-likeness (QED) is 0.816. The summed E-state index contributed by atoms with van der Waals surface area (Å²) < 4.78 is 1.64. The van der Waals surface area contributed by atoms with Crippen LogP contribution in [-0.2, 0) is 6.54 Å². The van der Waals surface area contributed by atoms with Crippen LogP contribution in [0.15, 0.2) is 23.0 Å². The molecule has 0 unspecified atom stereocenters. The Balaban J connectivity index is 2.31. The zero-order valence-corrected chi connectivity index (χ0v) is 14.4. The zero-order valence-electron chi connectivity index (χ0n) is 13.6. The van der Waals surface area contributed by atoms with Gasteiger partial charge in [0.25, 0.3) is 5.91 Å². The standard InChI is InChI=1S/C16H21ClN4O2/c1-4-21-13-7-6-11(17)10-12(13)15(22)14(19-21)16(23)18-8-5-9-20(2)3/h6-7,10H,4-5,8-9H2,1-3H3,(H,18,23). The summed E-state index contributed by atoms with van der Waals surface area (Å²) in [7, 11) is 3.94. The van der Waals surface area contributed by atoms with Crippen LogP contribution < -0.4 is 10.7 Å². The number of carbonyl (C=O) groups is 1. The van der Waals surface area contributed by atoms with Crippen LogP contribution in [0, 0.1) is 0 Å². The highest BCUT2D eigenvalue weighted by Crippen LogP contribution is 2.16. The molecule has 0 spiro atoms. The van der Waals surface area contributed by atoms with Gasteiger partial charge >= 0.3 is 0 Å². The van der Waals surface area contributed by atoms with E-state index >= 15 is 0 Å². The smallest absolute Gasteiger partial charge is 0.275 e. The minimum atomic E-state index is -0.446. The van der Waals surface area contributed by atoms with E-state index in [1.54, 1.807) is 22.9 Å². The molecule has 6 nitrogen and oxygen atoms in total. The Morgan fingerprint density at radius 1 is 1.39 bits per heavy atom. The number of nitrogens with zero attached hydrogens (tertiary/aromatic N) is 3. The number of fused-ring (bicyclic) bond motifs is 1. The monoisotopic (exact) mass is 336 g/mol. The molecular formula is C16H21ClN4O2. The van der Waals surface area contributed by atoms with Crippen molar-refractivity contribution in [1.82, 2.24) is 20.0 Å². The Morgan fingerprint density at radius 3 is 2.78 bits per heavy atom. The third-order valence-electron chi connectivity index (χ3n) is 3.50. The van der Waals surface area contributed by atoms with Crippen molar-refractivity contribution in [1.29, 1.82) is 0 Å². The van der Waals surface area contributed by atoms with E-state index in [0.717, 1.165) is 13.0 Å². The molecule has 0 atom stereocenters. The van der Waals surface area contributed by atoms with Crippen molar-refractivity contribution in [3.05, 3.63) is 39.1 Å². The lowest BCUT2D eigenvalue weighted by Crippen LogP contribution is -2.33. The average molecular weight is 337 g/mol. The van der Waals surface area contributed by atoms with Crippen molar-refractivity contribution in [2.45, 2.75) is 19.9 Å². The van der Waals surface area contributed by atoms with Crippen LogP contribution in [0.4, 0.5) is 0 Å². The number of carbonyl (C=O) groups excluding carboxylic acids is 1. The Morgan fingerprint density at radius 2 is 2.13 bits per heavy atom. The maximum Gasteiger partial charge on any atom is 0.275 e. The largest absolute Gasteiger partial charge is 0.350 e. The lowest BCUT2D eigenvalue weighted by atomic mass is 10.2. The van der Waals surface area contributed by atoms with Crippen LogP contribution in [0.3, 0.4) is 0 Å². The molecule has 2 rings (SSSR count). The molecule has 0 aliphatic carbocycles. The van der Waals surface area contributed by atoms with E-state index in [9.17, 15) is 9.59 Å². The SMILES string of the molecule is CCn1nc(C(=O)NCCCN(C)C)c(=O)c2cc(Cl)ccc21. The molecule has 0 saturated carbocycles. The van der Waals surface area contributed by atoms with Crippen molar-refractivity contribution in [2.75, 3.05) is 27.2 Å². The van der Waals surface area contributed by atoms with Gasteiger partial charge in [0.1, 0.15) is 0 Å². The summed E-state index contributed by atoms with van der Waals surface area (Å²) in [5.74, 6) is -0.446. The second-order valence-corrected chi connectivity index (χ2v) is 6.00. The second-order valence-electron chi connectivity index (χ2n) is 5.57. The van der Waals surface area contributed by atoms with Gasteiger partial charge in [-0.05, 0) is 52.2 Å². The van der Waals surface area contributed by atoms with Crippen LogP contribution in [0.5, 0.6) is 0 Å². The van der Waals surface area contributed by atoms with Crippen molar-refractivity contribution < 1.29 is 4.79 Å². The van der Waals surface area contributed by atoms with Crippen LogP contribution in [0.25, 0.3) is 10.9 Å². The van der Waals surface area contributed by atoms with E-state index in [1.807, 2.05) is 25.9 Å². The van der Waals surface area contributed by atoms with Crippen molar-refractivity contribution in [3.8, 4) is 0 Å². The summed E-state index contributed by atoms with van der Waals surface area (Å²) in [6.07, 6.45) is 0.806. The van der Waals surface area contributed by atoms with Crippen molar-refractivity contribution >= 4 is 28.4 Å². The van der Waals surface area contributed by atoms with E-state index in [0.29, 0.717) is 29.0 Å². The highest BCUT2D eigenvalue weighted by Gasteiger charge is 2.17. The summed E-state index contributed by atoms with van der Waals surface area (Å²) >= 11 is 5.98. The van der Waals surface area contributed by atoms with Gasteiger partial charge in [0.2, 0.25) is 5.43 Å². The van der Waals surface area contributed by atoms with Gasteiger partial charge in [0.15, 0.2) is 5.69 Å². The molecule has 0 fully saturated rings. The number of hydrogen-bond acceptors (Lipinski definition) is 4. The fourth-order valence-electron chi connectivity index (χ4n) is 2.33. The molecule has 0 radical (unpaired) electrons. The number of amides is 1. The zero-order chi connectivity index (χ0) is 17.0. The van der Waals surface area contributed by atoms with E-state index < -0.39 is 11.3 Å². The molecule has 2 aromatic rings. The number of hydrogen-bond donors (Lipinski definition) is 1. The molecule has 1 amide bonds. The van der Waals surface area contributed by atoms with E-state index in [-0.39, 0.29) is 5.69 Å². The van der Waals surface area contributed by atoms with Gasteiger partial charge < -0.3 is 10.2 Å². The summed E-state index contributed by atoms with van der Waals surface area (Å²) in [5, 5.41) is 7.82. The van der Waals surface area contributed by atoms with Gasteiger partial charge in [0.05, 0.1) is 10.9 Å². The lowest BCUT2D eigenvalue weighted by Gasteiger charge is -2.12. The predicted octanol–water partition coefficient (Wildman–Crippen LogP) is 1.75. The maximum absolute atomic E-state index is 12.5. The van der Waals surface area contributed by atoms with Crippen molar-refractivity contribution in [2.24, 2.45) is 0 Å². The Kier molecular flexibility index (Phi) is 5.74. The highest BCUT2D eigenvalue weighted by molar-refractivity contribution is 6.31. The summed E-state index contributed by atoms with van der Waals surface area (Å²) in [6.45, 7) is 3.82. The number of rotatable bonds is 6. The Bertz CT molecular complexity index is 770. The first kappa shape index (κ1) is 17.4. The Hall–Kier alpha value is -1.92. The molecule has 1 N–H and O–H groups in total. The molecule has 23 heavy (non-hydrogen) atoms.